The SMILES string of the molecule is CC(=O)O[C@H]1CC[C@H](C)[C@@H]2[C@@H]1C=C(C)[C@H]1/C(C)=C/CC/C(C)=C/[C@]3(C)C=C(C)[C@H](C)C[C@]34OC(=O)/C(=C(\O)[C@@]21C)C4=O. The Kier molecular flexibility index (Phi) is 7.55. The lowest BCUT2D eigenvalue weighted by Gasteiger charge is -2.56. The zero-order valence-electron chi connectivity index (χ0n) is 26.8. The highest BCUT2D eigenvalue weighted by molar-refractivity contribution is 6.26. The highest BCUT2D eigenvalue weighted by Gasteiger charge is 2.66. The lowest BCUT2D eigenvalue weighted by atomic mass is 9.49. The number of ether oxygens (including phenoxy) is 2. The molecule has 9 atom stereocenters. The van der Waals surface area contributed by atoms with Crippen molar-refractivity contribution in [1.29, 1.82) is 0 Å². The van der Waals surface area contributed by atoms with Crippen LogP contribution in [0.1, 0.15) is 94.4 Å². The molecule has 0 aromatic heterocycles. The third kappa shape index (κ3) is 4.38. The molecular formula is C36H48O6. The number of carbonyl (C=O) groups excluding carboxylic acids is 3. The topological polar surface area (TPSA) is 89.9 Å². The van der Waals surface area contributed by atoms with Gasteiger partial charge in [0.2, 0.25) is 5.78 Å². The summed E-state index contributed by atoms with van der Waals surface area (Å²) in [5.41, 5.74) is 0.982. The predicted octanol–water partition coefficient (Wildman–Crippen LogP) is 7.52. The van der Waals surface area contributed by atoms with Gasteiger partial charge < -0.3 is 14.6 Å². The molecule has 0 aromatic carbocycles. The van der Waals surface area contributed by atoms with E-state index in [0.29, 0.717) is 6.42 Å². The molecule has 6 heteroatoms. The number of fused-ring (bicyclic) bond motifs is 4. The highest BCUT2D eigenvalue weighted by atomic mass is 16.6. The molecule has 1 saturated carbocycles. The molecule has 6 nitrogen and oxygen atoms in total. The maximum atomic E-state index is 14.8. The van der Waals surface area contributed by atoms with Crippen LogP contribution in [0.25, 0.3) is 0 Å². The molecule has 5 rings (SSSR count). The van der Waals surface area contributed by atoms with Crippen LogP contribution in [0.3, 0.4) is 0 Å². The van der Waals surface area contributed by atoms with Gasteiger partial charge in [-0.15, -0.1) is 0 Å². The summed E-state index contributed by atoms with van der Waals surface area (Å²) in [6, 6.07) is 0. The summed E-state index contributed by atoms with van der Waals surface area (Å²) in [7, 11) is 0. The molecule has 0 aromatic rings. The van der Waals surface area contributed by atoms with Gasteiger partial charge in [0, 0.05) is 30.6 Å². The van der Waals surface area contributed by atoms with Crippen molar-refractivity contribution in [2.75, 3.05) is 0 Å². The molecule has 228 valence electrons. The molecular weight excluding hydrogens is 528 g/mol. The molecule has 2 bridgehead atoms. The summed E-state index contributed by atoms with van der Waals surface area (Å²) in [5.74, 6) is -2.01. The molecule has 2 fully saturated rings. The Morgan fingerprint density at radius 2 is 1.71 bits per heavy atom. The van der Waals surface area contributed by atoms with Crippen molar-refractivity contribution in [2.24, 2.45) is 40.4 Å². The van der Waals surface area contributed by atoms with Crippen LogP contribution in [0.4, 0.5) is 0 Å². The quantitative estimate of drug-likeness (QED) is 0.197. The third-order valence-corrected chi connectivity index (χ3v) is 11.5. The van der Waals surface area contributed by atoms with E-state index < -0.39 is 28.2 Å². The van der Waals surface area contributed by atoms with Crippen molar-refractivity contribution in [3.63, 3.8) is 0 Å². The van der Waals surface area contributed by atoms with E-state index in [2.05, 4.69) is 65.8 Å². The molecule has 1 heterocycles. The fraction of sp³-hybridized carbons (Fsp3) is 0.639. The number of esters is 2. The minimum atomic E-state index is -1.42. The van der Waals surface area contributed by atoms with Gasteiger partial charge in [0.15, 0.2) is 5.60 Å². The average Bonchev–Trinajstić information content (AvgIpc) is 3.13. The Morgan fingerprint density at radius 1 is 1.02 bits per heavy atom. The van der Waals surface area contributed by atoms with E-state index in [0.717, 1.165) is 48.0 Å². The van der Waals surface area contributed by atoms with Crippen molar-refractivity contribution in [3.8, 4) is 0 Å². The summed E-state index contributed by atoms with van der Waals surface area (Å²) in [6.07, 6.45) is 11.9. The second-order valence-electron chi connectivity index (χ2n) is 14.5. The molecule has 1 N–H and O–H groups in total. The van der Waals surface area contributed by atoms with Crippen LogP contribution < -0.4 is 0 Å². The van der Waals surface area contributed by atoms with E-state index in [1.54, 1.807) is 0 Å². The van der Waals surface area contributed by atoms with Crippen LogP contribution in [0.5, 0.6) is 0 Å². The Hall–Kier alpha value is -2.89. The minimum absolute atomic E-state index is 0.0417. The highest BCUT2D eigenvalue weighted by Crippen LogP contribution is 2.62. The number of aliphatic hydroxyl groups excluding tert-OH is 1. The van der Waals surface area contributed by atoms with Crippen LogP contribution in [-0.2, 0) is 23.9 Å². The van der Waals surface area contributed by atoms with Crippen molar-refractivity contribution in [2.45, 2.75) is 106 Å². The Bertz CT molecular complexity index is 1370. The first-order valence-corrected chi connectivity index (χ1v) is 15.7. The normalized spacial score (nSPS) is 46.4. The van der Waals surface area contributed by atoms with Crippen molar-refractivity contribution in [3.05, 3.63) is 57.9 Å². The first-order valence-electron chi connectivity index (χ1n) is 15.7. The molecule has 0 radical (unpaired) electrons. The van der Waals surface area contributed by atoms with Gasteiger partial charge >= 0.3 is 11.9 Å². The van der Waals surface area contributed by atoms with Crippen LogP contribution in [-0.4, -0.2) is 34.5 Å². The number of ketones is 1. The van der Waals surface area contributed by atoms with Crippen molar-refractivity contribution < 1.29 is 29.0 Å². The summed E-state index contributed by atoms with van der Waals surface area (Å²) >= 11 is 0. The monoisotopic (exact) mass is 576 g/mol. The fourth-order valence-electron chi connectivity index (χ4n) is 9.60. The van der Waals surface area contributed by atoms with E-state index in [1.165, 1.54) is 6.92 Å². The summed E-state index contributed by atoms with van der Waals surface area (Å²) in [4.78, 5) is 40.8. The maximum absolute atomic E-state index is 14.8. The van der Waals surface area contributed by atoms with Gasteiger partial charge in [-0.3, -0.25) is 9.59 Å². The standard InChI is InChI=1S/C36H48O6/c1-19-11-10-12-20(2)29-22(4)15-26-27(41-25(7)37)14-13-21(3)30(26)35(29,9)31(38)28-32(39)36(42-33(28)40)18-24(6)23(5)17-34(36,8)16-19/h12,15-17,21,24,26-27,29-30,38H,10-11,13-14,18H2,1-9H3/b19-16+,20-12+,31-28-/t21-,24+,26+,27-,29+,30+,34+,35+,36+/m0/s1. The smallest absolute Gasteiger partial charge is 0.346 e. The second kappa shape index (κ2) is 10.4. The van der Waals surface area contributed by atoms with Crippen LogP contribution in [0.2, 0.25) is 0 Å². The summed E-state index contributed by atoms with van der Waals surface area (Å²) in [5, 5.41) is 12.5. The van der Waals surface area contributed by atoms with E-state index in [1.807, 2.05) is 13.8 Å². The number of hydrogen-bond donors (Lipinski definition) is 1. The number of carbonyl (C=O) groups is 3. The first kappa shape index (κ1) is 30.6. The molecule has 0 amide bonds. The second-order valence-corrected chi connectivity index (χ2v) is 14.5. The first-order chi connectivity index (χ1) is 19.6. The lowest BCUT2D eigenvalue weighted by Crippen LogP contribution is -2.54. The van der Waals surface area contributed by atoms with Gasteiger partial charge in [-0.05, 0) is 78.1 Å². The summed E-state index contributed by atoms with van der Waals surface area (Å²) in [6.45, 7) is 18.0. The van der Waals surface area contributed by atoms with Crippen LogP contribution in [0, 0.1) is 40.4 Å². The fourth-order valence-corrected chi connectivity index (χ4v) is 9.60. The van der Waals surface area contributed by atoms with Gasteiger partial charge in [0.05, 0.1) is 5.41 Å². The summed E-state index contributed by atoms with van der Waals surface area (Å²) < 4.78 is 12.1. The molecule has 1 saturated heterocycles. The predicted molar refractivity (Wildman–Crippen MR) is 162 cm³/mol. The van der Waals surface area contributed by atoms with Gasteiger partial charge in [0.25, 0.3) is 0 Å². The number of Topliss-reactive ketones (excluding diaryl/α,β-unsaturated/α-hetero) is 1. The number of allylic oxidation sites excluding steroid dienone is 6. The van der Waals surface area contributed by atoms with Crippen molar-refractivity contribution >= 4 is 17.7 Å². The van der Waals surface area contributed by atoms with E-state index in [4.69, 9.17) is 9.47 Å². The van der Waals surface area contributed by atoms with Gasteiger partial charge in [-0.2, -0.15) is 0 Å². The van der Waals surface area contributed by atoms with E-state index in [-0.39, 0.29) is 53.0 Å². The Labute approximate surface area is 251 Å². The van der Waals surface area contributed by atoms with E-state index >= 15 is 0 Å². The largest absolute Gasteiger partial charge is 0.511 e. The van der Waals surface area contributed by atoms with Gasteiger partial charge in [-0.25, -0.2) is 4.79 Å². The maximum Gasteiger partial charge on any atom is 0.346 e. The molecule has 1 spiro atoms. The Balaban J connectivity index is 1.80. The van der Waals surface area contributed by atoms with Crippen LogP contribution >= 0.6 is 0 Å². The van der Waals surface area contributed by atoms with Crippen LogP contribution in [0.15, 0.2) is 57.9 Å². The number of rotatable bonds is 1. The molecule has 0 unspecified atom stereocenters. The zero-order valence-corrected chi connectivity index (χ0v) is 26.8. The third-order valence-electron chi connectivity index (χ3n) is 11.5. The lowest BCUT2D eigenvalue weighted by molar-refractivity contribution is -0.162. The molecule has 42 heavy (non-hydrogen) atoms. The van der Waals surface area contributed by atoms with E-state index in [9.17, 15) is 19.5 Å². The minimum Gasteiger partial charge on any atom is -0.511 e. The Morgan fingerprint density at radius 3 is 2.38 bits per heavy atom. The van der Waals surface area contributed by atoms with Gasteiger partial charge in [0.1, 0.15) is 17.4 Å². The molecule has 1 aliphatic heterocycles. The zero-order chi connectivity index (χ0) is 30.9. The van der Waals surface area contributed by atoms with Crippen molar-refractivity contribution in [1.82, 2.24) is 0 Å². The average molecular weight is 577 g/mol. The molecule has 5 aliphatic rings. The number of hydrogen-bond acceptors (Lipinski definition) is 6. The molecule has 4 aliphatic carbocycles. The number of aliphatic hydroxyl groups is 1. The van der Waals surface area contributed by atoms with Gasteiger partial charge in [-0.1, -0.05) is 67.4 Å².